The fourth-order valence-electron chi connectivity index (χ4n) is 2.76. The molecule has 0 bridgehead atoms. The molecule has 4 nitrogen and oxygen atoms in total. The summed E-state index contributed by atoms with van der Waals surface area (Å²) in [4.78, 5) is 14.3. The van der Waals surface area contributed by atoms with E-state index in [4.69, 9.17) is 4.74 Å². The van der Waals surface area contributed by atoms with Crippen molar-refractivity contribution in [2.45, 2.75) is 44.6 Å². The number of carbonyl (C=O) groups excluding carboxylic acids is 1. The van der Waals surface area contributed by atoms with Gasteiger partial charge in [-0.3, -0.25) is 9.69 Å². The maximum absolute atomic E-state index is 12.2. The third kappa shape index (κ3) is 4.08. The van der Waals surface area contributed by atoms with E-state index < -0.39 is 0 Å². The molecule has 0 unspecified atom stereocenters. The number of methoxy groups -OCH3 is 1. The summed E-state index contributed by atoms with van der Waals surface area (Å²) in [6.45, 7) is 5.49. The van der Waals surface area contributed by atoms with Gasteiger partial charge in [-0.15, -0.1) is 0 Å². The number of hydrogen-bond donors (Lipinski definition) is 1. The van der Waals surface area contributed by atoms with Crippen LogP contribution in [0.3, 0.4) is 0 Å². The summed E-state index contributed by atoms with van der Waals surface area (Å²) < 4.78 is 5.26. The van der Waals surface area contributed by atoms with Crippen molar-refractivity contribution >= 4 is 11.6 Å². The van der Waals surface area contributed by atoms with Gasteiger partial charge in [-0.1, -0.05) is 26.0 Å². The molecule has 0 radical (unpaired) electrons. The van der Waals surface area contributed by atoms with Gasteiger partial charge in [0, 0.05) is 18.3 Å². The van der Waals surface area contributed by atoms with Gasteiger partial charge in [-0.2, -0.15) is 0 Å². The zero-order chi connectivity index (χ0) is 16.2. The van der Waals surface area contributed by atoms with Crippen LogP contribution in [-0.4, -0.2) is 43.7 Å². The van der Waals surface area contributed by atoms with E-state index in [1.165, 1.54) is 5.56 Å². The van der Waals surface area contributed by atoms with Gasteiger partial charge >= 0.3 is 0 Å². The van der Waals surface area contributed by atoms with Gasteiger partial charge in [0.1, 0.15) is 0 Å². The number of carbonyl (C=O) groups is 1. The number of benzene rings is 1. The van der Waals surface area contributed by atoms with Crippen LogP contribution >= 0.6 is 0 Å². The Balaban J connectivity index is 1.87. The molecule has 1 atom stereocenters. The molecule has 0 spiro atoms. The van der Waals surface area contributed by atoms with Crippen LogP contribution < -0.4 is 5.32 Å². The number of hydrogen-bond acceptors (Lipinski definition) is 3. The molecule has 1 aliphatic carbocycles. The normalized spacial score (nSPS) is 17.3. The maximum Gasteiger partial charge on any atom is 0.238 e. The SMILES string of the molecule is CC[C@@H](C)c1ccc(NC(=O)CN(C)C2(COC)CC2)cc1. The van der Waals surface area contributed by atoms with Crippen molar-refractivity contribution in [2.24, 2.45) is 0 Å². The molecule has 0 aromatic heterocycles. The van der Waals surface area contributed by atoms with E-state index in [0.717, 1.165) is 24.9 Å². The van der Waals surface area contributed by atoms with Crippen LogP contribution in [0.5, 0.6) is 0 Å². The van der Waals surface area contributed by atoms with E-state index >= 15 is 0 Å². The summed E-state index contributed by atoms with van der Waals surface area (Å²) in [6, 6.07) is 8.17. The lowest BCUT2D eigenvalue weighted by Crippen LogP contribution is -2.42. The minimum Gasteiger partial charge on any atom is -0.383 e. The summed E-state index contributed by atoms with van der Waals surface area (Å²) in [5, 5.41) is 2.98. The Bertz CT molecular complexity index is 494. The number of nitrogens with zero attached hydrogens (tertiary/aromatic N) is 1. The highest BCUT2D eigenvalue weighted by atomic mass is 16.5. The molecule has 122 valence electrons. The van der Waals surface area contributed by atoms with E-state index in [-0.39, 0.29) is 11.4 Å². The van der Waals surface area contributed by atoms with Crippen LogP contribution in [-0.2, 0) is 9.53 Å². The Hall–Kier alpha value is -1.39. The van der Waals surface area contributed by atoms with E-state index in [2.05, 4.69) is 36.2 Å². The summed E-state index contributed by atoms with van der Waals surface area (Å²) in [5.74, 6) is 0.584. The molecule has 0 heterocycles. The molecule has 0 saturated heterocycles. The maximum atomic E-state index is 12.2. The predicted octanol–water partition coefficient (Wildman–Crippen LogP) is 3.25. The fraction of sp³-hybridized carbons (Fsp3) is 0.611. The molecule has 1 aromatic rings. The molecule has 1 fully saturated rings. The van der Waals surface area contributed by atoms with Gasteiger partial charge in [0.25, 0.3) is 0 Å². The Morgan fingerprint density at radius 3 is 2.50 bits per heavy atom. The molecular formula is C18H28N2O2. The Morgan fingerprint density at radius 2 is 2.00 bits per heavy atom. The van der Waals surface area contributed by atoms with Gasteiger partial charge in [0.2, 0.25) is 5.91 Å². The monoisotopic (exact) mass is 304 g/mol. The topological polar surface area (TPSA) is 41.6 Å². The Labute approximate surface area is 133 Å². The second-order valence-electron chi connectivity index (χ2n) is 6.49. The number of anilines is 1. The quantitative estimate of drug-likeness (QED) is 0.801. The lowest BCUT2D eigenvalue weighted by molar-refractivity contribution is -0.118. The van der Waals surface area contributed by atoms with Crippen molar-refractivity contribution in [3.05, 3.63) is 29.8 Å². The second-order valence-corrected chi connectivity index (χ2v) is 6.49. The van der Waals surface area contributed by atoms with Crippen LogP contribution in [0.25, 0.3) is 0 Å². The third-order valence-corrected chi connectivity index (χ3v) is 4.81. The van der Waals surface area contributed by atoms with Crippen LogP contribution in [0.1, 0.15) is 44.6 Å². The summed E-state index contributed by atoms with van der Waals surface area (Å²) in [6.07, 6.45) is 3.33. The number of ether oxygens (including phenoxy) is 1. The van der Waals surface area contributed by atoms with Crippen molar-refractivity contribution < 1.29 is 9.53 Å². The van der Waals surface area contributed by atoms with Gasteiger partial charge < -0.3 is 10.1 Å². The van der Waals surface area contributed by atoms with Crippen LogP contribution in [0.4, 0.5) is 5.69 Å². The van der Waals surface area contributed by atoms with E-state index in [1.54, 1.807) is 7.11 Å². The average molecular weight is 304 g/mol. The molecule has 1 saturated carbocycles. The largest absolute Gasteiger partial charge is 0.383 e. The molecule has 1 N–H and O–H groups in total. The first-order valence-corrected chi connectivity index (χ1v) is 8.11. The molecule has 1 amide bonds. The fourth-order valence-corrected chi connectivity index (χ4v) is 2.76. The molecule has 2 rings (SSSR count). The Morgan fingerprint density at radius 1 is 1.36 bits per heavy atom. The predicted molar refractivity (Wildman–Crippen MR) is 90.2 cm³/mol. The van der Waals surface area contributed by atoms with Gasteiger partial charge in [-0.05, 0) is 49.9 Å². The third-order valence-electron chi connectivity index (χ3n) is 4.81. The first kappa shape index (κ1) is 17.0. The first-order valence-electron chi connectivity index (χ1n) is 8.11. The van der Waals surface area contributed by atoms with Crippen molar-refractivity contribution in [1.29, 1.82) is 0 Å². The number of likely N-dealkylation sites (N-methyl/N-ethyl adjacent to an activating group) is 1. The van der Waals surface area contributed by atoms with Gasteiger partial charge in [-0.25, -0.2) is 0 Å². The standard InChI is InChI=1S/C18H28N2O2/c1-5-14(2)15-6-8-16(9-7-15)19-17(21)12-20(3)18(10-11-18)13-22-4/h6-9,14H,5,10-13H2,1-4H3,(H,19,21)/t14-/m1/s1. The second kappa shape index (κ2) is 7.25. The lowest BCUT2D eigenvalue weighted by atomic mass is 9.99. The van der Waals surface area contributed by atoms with E-state index in [9.17, 15) is 4.79 Å². The molecule has 22 heavy (non-hydrogen) atoms. The molecule has 1 aliphatic rings. The van der Waals surface area contributed by atoms with E-state index in [0.29, 0.717) is 19.1 Å². The zero-order valence-corrected chi connectivity index (χ0v) is 14.2. The zero-order valence-electron chi connectivity index (χ0n) is 14.2. The number of rotatable bonds is 8. The summed E-state index contributed by atoms with van der Waals surface area (Å²) in [5.41, 5.74) is 2.25. The number of nitrogens with one attached hydrogen (secondary N) is 1. The highest BCUT2D eigenvalue weighted by Gasteiger charge is 2.46. The smallest absolute Gasteiger partial charge is 0.238 e. The summed E-state index contributed by atoms with van der Waals surface area (Å²) in [7, 11) is 3.71. The molecule has 0 aliphatic heterocycles. The highest BCUT2D eigenvalue weighted by Crippen LogP contribution is 2.40. The average Bonchev–Trinajstić information content (AvgIpc) is 3.28. The minimum atomic E-state index is 0.0289. The summed E-state index contributed by atoms with van der Waals surface area (Å²) >= 11 is 0. The van der Waals surface area contributed by atoms with Crippen molar-refractivity contribution in [1.82, 2.24) is 4.90 Å². The molecular weight excluding hydrogens is 276 g/mol. The number of amides is 1. The van der Waals surface area contributed by atoms with Crippen LogP contribution in [0, 0.1) is 0 Å². The van der Waals surface area contributed by atoms with E-state index in [1.807, 2.05) is 19.2 Å². The molecule has 4 heteroatoms. The lowest BCUT2D eigenvalue weighted by Gasteiger charge is -2.26. The van der Waals surface area contributed by atoms with Crippen LogP contribution in [0.15, 0.2) is 24.3 Å². The van der Waals surface area contributed by atoms with Crippen LogP contribution in [0.2, 0.25) is 0 Å². The Kier molecular flexibility index (Phi) is 5.59. The van der Waals surface area contributed by atoms with Crippen molar-refractivity contribution in [3.8, 4) is 0 Å². The van der Waals surface area contributed by atoms with Gasteiger partial charge in [0.05, 0.1) is 13.2 Å². The molecule has 1 aromatic carbocycles. The first-order chi connectivity index (χ1) is 10.5. The highest BCUT2D eigenvalue weighted by molar-refractivity contribution is 5.92. The van der Waals surface area contributed by atoms with Gasteiger partial charge in [0.15, 0.2) is 0 Å². The van der Waals surface area contributed by atoms with Crippen molar-refractivity contribution in [2.75, 3.05) is 32.6 Å². The minimum absolute atomic E-state index is 0.0289. The van der Waals surface area contributed by atoms with Crippen molar-refractivity contribution in [3.63, 3.8) is 0 Å².